The maximum Gasteiger partial charge on any atom is 0.306 e. The van der Waals surface area contributed by atoms with Crippen LogP contribution < -0.4 is 0 Å². The Bertz CT molecular complexity index is 1300. The molecular weight excluding hydrogens is 961 g/mol. The van der Waals surface area contributed by atoms with Gasteiger partial charge in [0.15, 0.2) is 6.10 Å². The zero-order chi connectivity index (χ0) is 56.4. The molecule has 0 aliphatic heterocycles. The quantitative estimate of drug-likeness (QED) is 0.0261. The van der Waals surface area contributed by atoms with E-state index in [0.717, 1.165) is 77.0 Å². The Morgan fingerprint density at radius 1 is 0.256 bits per heavy atom. The van der Waals surface area contributed by atoms with Crippen molar-refractivity contribution in [3.05, 3.63) is 36.5 Å². The first-order valence-electron chi connectivity index (χ1n) is 35.0. The number of carbonyl (C=O) groups is 3. The third-order valence-corrected chi connectivity index (χ3v) is 15.9. The normalized spacial score (nSPS) is 12.2. The van der Waals surface area contributed by atoms with Gasteiger partial charge in [-0.05, 0) is 57.8 Å². The van der Waals surface area contributed by atoms with Gasteiger partial charge in [0.2, 0.25) is 0 Å². The highest BCUT2D eigenvalue weighted by Crippen LogP contribution is 2.19. The summed E-state index contributed by atoms with van der Waals surface area (Å²) in [4.78, 5) is 38.4. The molecule has 0 saturated heterocycles. The molecule has 0 aromatic heterocycles. The average molecular weight is 1100 g/mol. The maximum atomic E-state index is 12.9. The number of hydrogen-bond donors (Lipinski definition) is 0. The fraction of sp³-hybridized carbons (Fsp3) is 0.875. The van der Waals surface area contributed by atoms with Crippen molar-refractivity contribution in [3.63, 3.8) is 0 Å². The molecule has 0 fully saturated rings. The molecule has 0 spiro atoms. The van der Waals surface area contributed by atoms with E-state index < -0.39 is 6.10 Å². The van der Waals surface area contributed by atoms with E-state index >= 15 is 0 Å². The van der Waals surface area contributed by atoms with Gasteiger partial charge in [-0.25, -0.2) is 0 Å². The summed E-state index contributed by atoms with van der Waals surface area (Å²) in [6.45, 7) is 6.68. The first-order chi connectivity index (χ1) is 38.5. The minimum atomic E-state index is -0.777. The average Bonchev–Trinajstić information content (AvgIpc) is 3.44. The lowest BCUT2D eigenvalue weighted by Crippen LogP contribution is -2.30. The number of hydrogen-bond acceptors (Lipinski definition) is 6. The molecule has 0 rings (SSSR count). The first kappa shape index (κ1) is 75.6. The summed E-state index contributed by atoms with van der Waals surface area (Å²) >= 11 is 0. The molecule has 0 aliphatic rings. The van der Waals surface area contributed by atoms with Crippen molar-refractivity contribution in [2.75, 3.05) is 13.2 Å². The van der Waals surface area contributed by atoms with Crippen molar-refractivity contribution in [3.8, 4) is 0 Å². The lowest BCUT2D eigenvalue weighted by molar-refractivity contribution is -0.167. The fourth-order valence-corrected chi connectivity index (χ4v) is 10.6. The number of allylic oxidation sites excluding steroid dienone is 6. The van der Waals surface area contributed by atoms with Gasteiger partial charge in [0.1, 0.15) is 13.2 Å². The molecule has 458 valence electrons. The molecule has 0 saturated carbocycles. The van der Waals surface area contributed by atoms with Gasteiger partial charge in [-0.3, -0.25) is 14.4 Å². The van der Waals surface area contributed by atoms with Crippen molar-refractivity contribution in [1.29, 1.82) is 0 Å². The fourth-order valence-electron chi connectivity index (χ4n) is 10.6. The number of carbonyl (C=O) groups excluding carboxylic acids is 3. The van der Waals surface area contributed by atoms with E-state index in [9.17, 15) is 14.4 Å². The highest BCUT2D eigenvalue weighted by atomic mass is 16.6. The van der Waals surface area contributed by atoms with Crippen LogP contribution in [-0.4, -0.2) is 37.2 Å². The van der Waals surface area contributed by atoms with Crippen LogP contribution in [0.3, 0.4) is 0 Å². The second-order valence-corrected chi connectivity index (χ2v) is 23.8. The Morgan fingerprint density at radius 2 is 0.462 bits per heavy atom. The van der Waals surface area contributed by atoms with Crippen LogP contribution in [0.1, 0.15) is 387 Å². The second kappa shape index (κ2) is 67.1. The number of unbranched alkanes of at least 4 members (excludes halogenated alkanes) is 48. The van der Waals surface area contributed by atoms with Crippen LogP contribution in [0.5, 0.6) is 0 Å². The Hall–Kier alpha value is -2.37. The van der Waals surface area contributed by atoms with Crippen molar-refractivity contribution in [1.82, 2.24) is 0 Å². The van der Waals surface area contributed by atoms with Crippen molar-refractivity contribution >= 4 is 17.9 Å². The molecule has 0 aromatic carbocycles. The molecule has 0 N–H and O–H groups in total. The highest BCUT2D eigenvalue weighted by molar-refractivity contribution is 5.71. The van der Waals surface area contributed by atoms with E-state index in [4.69, 9.17) is 14.2 Å². The first-order valence-corrected chi connectivity index (χ1v) is 35.0. The van der Waals surface area contributed by atoms with Gasteiger partial charge >= 0.3 is 17.9 Å². The third-order valence-electron chi connectivity index (χ3n) is 15.9. The molecule has 0 aromatic rings. The Morgan fingerprint density at radius 3 is 0.744 bits per heavy atom. The minimum absolute atomic E-state index is 0.0719. The summed E-state index contributed by atoms with van der Waals surface area (Å²) in [5.74, 6) is -0.856. The number of rotatable bonds is 65. The molecule has 1 atom stereocenters. The summed E-state index contributed by atoms with van der Waals surface area (Å²) in [6.07, 6.45) is 83.1. The highest BCUT2D eigenvalue weighted by Gasteiger charge is 2.19. The number of ether oxygens (including phenoxy) is 3. The van der Waals surface area contributed by atoms with E-state index in [0.29, 0.717) is 19.3 Å². The molecule has 0 amide bonds. The molecule has 0 radical (unpaired) electrons. The van der Waals surface area contributed by atoms with Crippen LogP contribution in [0, 0.1) is 0 Å². The van der Waals surface area contributed by atoms with Crippen LogP contribution in [0.25, 0.3) is 0 Å². The molecular formula is C72H134O6. The largest absolute Gasteiger partial charge is 0.462 e. The van der Waals surface area contributed by atoms with E-state index in [1.165, 1.54) is 270 Å². The van der Waals surface area contributed by atoms with Crippen LogP contribution in [0.15, 0.2) is 36.5 Å². The van der Waals surface area contributed by atoms with Gasteiger partial charge in [-0.2, -0.15) is 0 Å². The second-order valence-electron chi connectivity index (χ2n) is 23.8. The van der Waals surface area contributed by atoms with E-state index in [1.54, 1.807) is 0 Å². The predicted molar refractivity (Wildman–Crippen MR) is 339 cm³/mol. The zero-order valence-electron chi connectivity index (χ0n) is 52.7. The van der Waals surface area contributed by atoms with E-state index in [1.807, 2.05) is 0 Å². The minimum Gasteiger partial charge on any atom is -0.462 e. The van der Waals surface area contributed by atoms with Crippen LogP contribution in [0.2, 0.25) is 0 Å². The van der Waals surface area contributed by atoms with Gasteiger partial charge in [0.25, 0.3) is 0 Å². The molecule has 0 heterocycles. The van der Waals surface area contributed by atoms with Crippen molar-refractivity contribution < 1.29 is 28.6 Å². The molecule has 6 nitrogen and oxygen atoms in total. The van der Waals surface area contributed by atoms with Crippen LogP contribution >= 0.6 is 0 Å². The zero-order valence-corrected chi connectivity index (χ0v) is 52.7. The van der Waals surface area contributed by atoms with Gasteiger partial charge in [0, 0.05) is 19.3 Å². The van der Waals surface area contributed by atoms with E-state index in [2.05, 4.69) is 57.2 Å². The van der Waals surface area contributed by atoms with Crippen LogP contribution in [0.4, 0.5) is 0 Å². The molecule has 1 unspecified atom stereocenters. The van der Waals surface area contributed by atoms with Gasteiger partial charge in [0.05, 0.1) is 0 Å². The monoisotopic (exact) mass is 1100 g/mol. The number of esters is 3. The van der Waals surface area contributed by atoms with Crippen molar-refractivity contribution in [2.45, 2.75) is 393 Å². The standard InChI is InChI=1S/C72H134O6/c1-4-7-10-13-16-19-22-25-28-30-32-33-34-35-36-37-38-39-41-42-44-47-50-53-56-59-62-65-71(74)77-68-69(67-76-70(73)64-61-58-55-52-49-46-27-24-21-18-15-12-9-6-3)78-72(75)66-63-60-57-54-51-48-45-43-40-31-29-26-23-20-17-14-11-8-5-2/h17,20,26,29,40,43,69H,4-16,18-19,21-25,27-28,30-39,41-42,44-68H2,1-3H3/b20-17-,29-26-,43-40-. The van der Waals surface area contributed by atoms with E-state index in [-0.39, 0.29) is 31.1 Å². The Kier molecular flexibility index (Phi) is 65.1. The van der Waals surface area contributed by atoms with Crippen LogP contribution in [-0.2, 0) is 28.6 Å². The van der Waals surface area contributed by atoms with Gasteiger partial charge < -0.3 is 14.2 Å². The molecule has 6 heteroatoms. The lowest BCUT2D eigenvalue weighted by Gasteiger charge is -2.18. The summed E-state index contributed by atoms with van der Waals surface area (Å²) in [5, 5.41) is 0. The smallest absolute Gasteiger partial charge is 0.306 e. The SMILES string of the molecule is CCCCC/C=C\C/C=C\C/C=C\CCCCCCCCC(=O)OC(COC(=O)CCCCCCCCCCCCCCCC)COC(=O)CCCCCCCCCCCCCCCCCCCCCCCCCCCCC. The van der Waals surface area contributed by atoms with Gasteiger partial charge in [-0.1, -0.05) is 346 Å². The van der Waals surface area contributed by atoms with Gasteiger partial charge in [-0.15, -0.1) is 0 Å². The summed E-state index contributed by atoms with van der Waals surface area (Å²) < 4.78 is 17.0. The molecule has 78 heavy (non-hydrogen) atoms. The summed E-state index contributed by atoms with van der Waals surface area (Å²) in [5.41, 5.74) is 0. The topological polar surface area (TPSA) is 78.9 Å². The summed E-state index contributed by atoms with van der Waals surface area (Å²) in [7, 11) is 0. The summed E-state index contributed by atoms with van der Waals surface area (Å²) in [6, 6.07) is 0. The Balaban J connectivity index is 4.23. The maximum absolute atomic E-state index is 12.9. The Labute approximate surface area is 486 Å². The third kappa shape index (κ3) is 64.5. The molecule has 0 aliphatic carbocycles. The molecule has 0 bridgehead atoms. The predicted octanol–water partition coefficient (Wildman–Crippen LogP) is 23.9. The lowest BCUT2D eigenvalue weighted by atomic mass is 10.0. The van der Waals surface area contributed by atoms with Crippen molar-refractivity contribution in [2.24, 2.45) is 0 Å².